The van der Waals surface area contributed by atoms with Crippen LogP contribution < -0.4 is 5.32 Å². The normalized spacial score (nSPS) is 16.5. The first-order valence-corrected chi connectivity index (χ1v) is 9.19. The zero-order valence-electron chi connectivity index (χ0n) is 14.9. The van der Waals surface area contributed by atoms with Crippen LogP contribution in [0, 0.1) is 0 Å². The topological polar surface area (TPSA) is 41.6 Å². The average molecular weight is 395 g/mol. The van der Waals surface area contributed by atoms with Crippen LogP contribution in [0.15, 0.2) is 40.4 Å². The van der Waals surface area contributed by atoms with Crippen LogP contribution in [0.25, 0.3) is 0 Å². The Bertz CT molecular complexity index is 608. The lowest BCUT2D eigenvalue weighted by Crippen LogP contribution is -2.40. The quantitative estimate of drug-likeness (QED) is 0.754. The summed E-state index contributed by atoms with van der Waals surface area (Å²) in [5.41, 5.74) is 2.15. The van der Waals surface area contributed by atoms with Gasteiger partial charge in [0.1, 0.15) is 5.60 Å². The summed E-state index contributed by atoms with van der Waals surface area (Å²) in [6, 6.07) is 8.53. The maximum atomic E-state index is 12.1. The lowest BCUT2D eigenvalue weighted by molar-refractivity contribution is 0.0265. The highest BCUT2D eigenvalue weighted by Gasteiger charge is 2.23. The van der Waals surface area contributed by atoms with Gasteiger partial charge in [-0.25, -0.2) is 4.79 Å². The van der Waals surface area contributed by atoms with E-state index in [2.05, 4.69) is 52.4 Å². The number of amides is 1. The second-order valence-electron chi connectivity index (χ2n) is 7.16. The Kier molecular flexibility index (Phi) is 6.47. The van der Waals surface area contributed by atoms with Gasteiger partial charge in [0.2, 0.25) is 0 Å². The minimum Gasteiger partial charge on any atom is -0.444 e. The summed E-state index contributed by atoms with van der Waals surface area (Å²) in [5, 5.41) is 3.56. The van der Waals surface area contributed by atoms with Crippen LogP contribution in [0.4, 0.5) is 4.79 Å². The molecule has 0 fully saturated rings. The second-order valence-corrected chi connectivity index (χ2v) is 8.02. The van der Waals surface area contributed by atoms with Crippen molar-refractivity contribution in [3.63, 3.8) is 0 Å². The van der Waals surface area contributed by atoms with Crippen molar-refractivity contribution >= 4 is 22.0 Å². The fraction of sp³-hybridized carbons (Fsp3) is 0.526. The first-order valence-electron chi connectivity index (χ1n) is 8.40. The molecule has 1 aromatic rings. The van der Waals surface area contributed by atoms with E-state index >= 15 is 0 Å². The molecule has 0 radical (unpaired) electrons. The van der Waals surface area contributed by atoms with Gasteiger partial charge in [0.05, 0.1) is 0 Å². The van der Waals surface area contributed by atoms with E-state index in [1.165, 1.54) is 11.1 Å². The van der Waals surface area contributed by atoms with Gasteiger partial charge in [0.15, 0.2) is 0 Å². The third kappa shape index (κ3) is 5.64. The van der Waals surface area contributed by atoms with Crippen LogP contribution in [-0.2, 0) is 4.74 Å². The van der Waals surface area contributed by atoms with E-state index in [1.54, 1.807) is 4.90 Å². The zero-order valence-corrected chi connectivity index (χ0v) is 16.5. The van der Waals surface area contributed by atoms with Gasteiger partial charge < -0.3 is 15.0 Å². The summed E-state index contributed by atoms with van der Waals surface area (Å²) >= 11 is 3.60. The fourth-order valence-corrected chi connectivity index (χ4v) is 3.21. The van der Waals surface area contributed by atoms with E-state index < -0.39 is 5.60 Å². The molecule has 1 aromatic carbocycles. The van der Waals surface area contributed by atoms with E-state index in [-0.39, 0.29) is 12.1 Å². The van der Waals surface area contributed by atoms with Crippen molar-refractivity contribution < 1.29 is 9.53 Å². The zero-order chi connectivity index (χ0) is 17.7. The van der Waals surface area contributed by atoms with Crippen LogP contribution >= 0.6 is 15.9 Å². The molecule has 1 amide bonds. The van der Waals surface area contributed by atoms with Crippen molar-refractivity contribution in [1.82, 2.24) is 10.2 Å². The molecule has 0 aromatic heterocycles. The number of carbonyl (C=O) groups is 1. The van der Waals surface area contributed by atoms with Gasteiger partial charge in [-0.05, 0) is 45.7 Å². The van der Waals surface area contributed by atoms with Gasteiger partial charge in [-0.1, -0.05) is 45.8 Å². The van der Waals surface area contributed by atoms with Crippen molar-refractivity contribution in [2.75, 3.05) is 19.6 Å². The predicted molar refractivity (Wildman–Crippen MR) is 101 cm³/mol. The van der Waals surface area contributed by atoms with E-state index in [4.69, 9.17) is 4.74 Å². The van der Waals surface area contributed by atoms with Gasteiger partial charge >= 0.3 is 6.09 Å². The molecular formula is C19H27BrN2O2. The minimum absolute atomic E-state index is 0.229. The lowest BCUT2D eigenvalue weighted by Gasteiger charge is -2.30. The summed E-state index contributed by atoms with van der Waals surface area (Å²) in [6.07, 6.45) is 2.79. The Labute approximate surface area is 153 Å². The minimum atomic E-state index is -0.443. The highest BCUT2D eigenvalue weighted by molar-refractivity contribution is 9.10. The lowest BCUT2D eigenvalue weighted by atomic mass is 10.1. The van der Waals surface area contributed by atoms with Crippen molar-refractivity contribution in [3.05, 3.63) is 46.0 Å². The number of benzene rings is 1. The van der Waals surface area contributed by atoms with Crippen molar-refractivity contribution in [1.29, 1.82) is 0 Å². The average Bonchev–Trinajstić information content (AvgIpc) is 2.52. The molecule has 0 aliphatic carbocycles. The van der Waals surface area contributed by atoms with Crippen LogP contribution in [0.5, 0.6) is 0 Å². The summed E-state index contributed by atoms with van der Waals surface area (Å²) in [4.78, 5) is 13.8. The maximum Gasteiger partial charge on any atom is 0.410 e. The first-order chi connectivity index (χ1) is 11.3. The molecule has 1 N–H and O–H groups in total. The van der Waals surface area contributed by atoms with Crippen LogP contribution in [0.2, 0.25) is 0 Å². The SMILES string of the molecule is CC(NCC1=CCN(C(=O)OC(C)(C)C)CC1)c1ccccc1Br. The molecule has 1 unspecified atom stereocenters. The molecule has 1 heterocycles. The highest BCUT2D eigenvalue weighted by Crippen LogP contribution is 2.23. The number of nitrogens with zero attached hydrogens (tertiary/aromatic N) is 1. The van der Waals surface area contributed by atoms with Crippen LogP contribution in [-0.4, -0.2) is 36.2 Å². The largest absolute Gasteiger partial charge is 0.444 e. The van der Waals surface area contributed by atoms with E-state index in [9.17, 15) is 4.79 Å². The number of hydrogen-bond acceptors (Lipinski definition) is 3. The van der Waals surface area contributed by atoms with Crippen LogP contribution in [0.3, 0.4) is 0 Å². The summed E-state index contributed by atoms with van der Waals surface area (Å²) in [5.74, 6) is 0. The Morgan fingerprint density at radius 2 is 2.08 bits per heavy atom. The van der Waals surface area contributed by atoms with Gasteiger partial charge in [-0.2, -0.15) is 0 Å². The molecule has 1 aliphatic rings. The molecule has 1 aliphatic heterocycles. The monoisotopic (exact) mass is 394 g/mol. The Morgan fingerprint density at radius 3 is 2.67 bits per heavy atom. The van der Waals surface area contributed by atoms with Gasteiger partial charge in [-0.15, -0.1) is 0 Å². The Morgan fingerprint density at radius 1 is 1.38 bits per heavy atom. The second kappa shape index (κ2) is 8.17. The molecule has 132 valence electrons. The van der Waals surface area contributed by atoms with E-state index in [0.29, 0.717) is 13.1 Å². The summed E-state index contributed by atoms with van der Waals surface area (Å²) in [7, 11) is 0. The Hall–Kier alpha value is -1.33. The maximum absolute atomic E-state index is 12.1. The first kappa shape index (κ1) is 19.0. The number of ether oxygens (including phenoxy) is 1. The number of rotatable bonds is 4. The fourth-order valence-electron chi connectivity index (χ4n) is 2.58. The molecule has 0 saturated carbocycles. The number of carbonyl (C=O) groups excluding carboxylic acids is 1. The van der Waals surface area contributed by atoms with Crippen molar-refractivity contribution in [3.8, 4) is 0 Å². The van der Waals surface area contributed by atoms with Gasteiger partial charge in [0, 0.05) is 30.1 Å². The molecule has 0 bridgehead atoms. The molecule has 2 rings (SSSR count). The molecule has 4 nitrogen and oxygen atoms in total. The number of halogens is 1. The smallest absolute Gasteiger partial charge is 0.410 e. The van der Waals surface area contributed by atoms with Gasteiger partial charge in [-0.3, -0.25) is 0 Å². The highest BCUT2D eigenvalue weighted by atomic mass is 79.9. The molecule has 0 saturated heterocycles. The third-order valence-corrected chi connectivity index (χ3v) is 4.68. The molecular weight excluding hydrogens is 368 g/mol. The van der Waals surface area contributed by atoms with E-state index in [1.807, 2.05) is 26.8 Å². The molecule has 1 atom stereocenters. The third-order valence-electron chi connectivity index (χ3n) is 3.96. The molecule has 0 spiro atoms. The van der Waals surface area contributed by atoms with Crippen molar-refractivity contribution in [2.45, 2.75) is 45.8 Å². The van der Waals surface area contributed by atoms with Crippen LogP contribution in [0.1, 0.15) is 45.7 Å². The van der Waals surface area contributed by atoms with Gasteiger partial charge in [0.25, 0.3) is 0 Å². The van der Waals surface area contributed by atoms with Crippen molar-refractivity contribution in [2.24, 2.45) is 0 Å². The number of nitrogens with one attached hydrogen (secondary N) is 1. The summed E-state index contributed by atoms with van der Waals surface area (Å²) in [6.45, 7) is 10.0. The number of hydrogen-bond donors (Lipinski definition) is 1. The standard InChI is InChI=1S/C19H27BrN2O2/c1-14(16-7-5-6-8-17(16)20)21-13-15-9-11-22(12-10-15)18(23)24-19(2,3)4/h5-9,14,21H,10-13H2,1-4H3. The molecule has 5 heteroatoms. The van der Waals surface area contributed by atoms with E-state index in [0.717, 1.165) is 17.4 Å². The Balaban J connectivity index is 1.83. The predicted octanol–water partition coefficient (Wildman–Crippen LogP) is 4.67. The molecule has 24 heavy (non-hydrogen) atoms. The summed E-state index contributed by atoms with van der Waals surface area (Å²) < 4.78 is 6.54.